The molecule has 1 aliphatic rings. The first-order chi connectivity index (χ1) is 7.72. The van der Waals surface area contributed by atoms with E-state index in [1.807, 2.05) is 0 Å². The highest BCUT2D eigenvalue weighted by atomic mass is 32.2. The molecule has 1 fully saturated rings. The standard InChI is InChI=1S/C11H22N2O3S/c1-11(2,17(3,15)16)8-12-7-6-10(14)13-9-4-5-9/h9,12H,4-8H2,1-3H3,(H,13,14). The summed E-state index contributed by atoms with van der Waals surface area (Å²) < 4.78 is 22.0. The Labute approximate surface area is 103 Å². The van der Waals surface area contributed by atoms with Crippen molar-refractivity contribution in [1.29, 1.82) is 0 Å². The summed E-state index contributed by atoms with van der Waals surface area (Å²) in [5.74, 6) is 0.0390. The van der Waals surface area contributed by atoms with Crippen LogP contribution in [-0.4, -0.2) is 44.5 Å². The Bertz CT molecular complexity index is 372. The van der Waals surface area contributed by atoms with Crippen LogP contribution in [0.5, 0.6) is 0 Å². The van der Waals surface area contributed by atoms with Crippen molar-refractivity contribution >= 4 is 15.7 Å². The lowest BCUT2D eigenvalue weighted by atomic mass is 10.2. The Morgan fingerprint density at radius 3 is 2.41 bits per heavy atom. The average molecular weight is 262 g/mol. The van der Waals surface area contributed by atoms with Crippen LogP contribution in [0.1, 0.15) is 33.1 Å². The topological polar surface area (TPSA) is 75.3 Å². The van der Waals surface area contributed by atoms with Gasteiger partial charge in [0.1, 0.15) is 0 Å². The molecule has 0 aliphatic heterocycles. The first-order valence-corrected chi connectivity index (χ1v) is 7.81. The van der Waals surface area contributed by atoms with Crippen LogP contribution in [0, 0.1) is 0 Å². The second kappa shape index (κ2) is 5.35. The molecule has 100 valence electrons. The van der Waals surface area contributed by atoms with E-state index in [4.69, 9.17) is 0 Å². The summed E-state index contributed by atoms with van der Waals surface area (Å²) in [5, 5.41) is 5.90. The van der Waals surface area contributed by atoms with Gasteiger partial charge >= 0.3 is 0 Å². The fourth-order valence-corrected chi connectivity index (χ4v) is 1.61. The maximum Gasteiger partial charge on any atom is 0.221 e. The Balaban J connectivity index is 2.16. The van der Waals surface area contributed by atoms with E-state index in [0.29, 0.717) is 25.6 Å². The minimum atomic E-state index is -3.08. The molecule has 6 heteroatoms. The summed E-state index contributed by atoms with van der Waals surface area (Å²) in [7, 11) is -3.08. The fraction of sp³-hybridized carbons (Fsp3) is 0.909. The SMILES string of the molecule is CC(C)(CNCCC(=O)NC1CC1)S(C)(=O)=O. The summed E-state index contributed by atoms with van der Waals surface area (Å²) in [4.78, 5) is 11.3. The van der Waals surface area contributed by atoms with Crippen molar-refractivity contribution in [3.05, 3.63) is 0 Å². The van der Waals surface area contributed by atoms with E-state index in [2.05, 4.69) is 10.6 Å². The largest absolute Gasteiger partial charge is 0.353 e. The number of hydrogen-bond donors (Lipinski definition) is 2. The zero-order valence-corrected chi connectivity index (χ0v) is 11.6. The predicted octanol–water partition coefficient (Wildman–Crippen LogP) is 0.0679. The molecule has 0 aromatic heterocycles. The van der Waals surface area contributed by atoms with Crippen molar-refractivity contribution in [1.82, 2.24) is 10.6 Å². The molecule has 1 saturated carbocycles. The van der Waals surface area contributed by atoms with Gasteiger partial charge in [-0.2, -0.15) is 0 Å². The van der Waals surface area contributed by atoms with E-state index in [1.54, 1.807) is 13.8 Å². The molecule has 1 amide bonds. The molecule has 17 heavy (non-hydrogen) atoms. The van der Waals surface area contributed by atoms with Gasteiger partial charge in [0.25, 0.3) is 0 Å². The van der Waals surface area contributed by atoms with E-state index in [0.717, 1.165) is 12.8 Å². The number of sulfone groups is 1. The van der Waals surface area contributed by atoms with Gasteiger partial charge in [-0.15, -0.1) is 0 Å². The normalized spacial score (nSPS) is 16.9. The Hall–Kier alpha value is -0.620. The van der Waals surface area contributed by atoms with Crippen molar-refractivity contribution in [2.75, 3.05) is 19.3 Å². The Morgan fingerprint density at radius 2 is 1.94 bits per heavy atom. The quantitative estimate of drug-likeness (QED) is 0.637. The summed E-state index contributed by atoms with van der Waals surface area (Å²) in [5.41, 5.74) is 0. The average Bonchev–Trinajstić information content (AvgIpc) is 2.94. The highest BCUT2D eigenvalue weighted by Crippen LogP contribution is 2.18. The lowest BCUT2D eigenvalue weighted by molar-refractivity contribution is -0.121. The molecule has 0 bridgehead atoms. The van der Waals surface area contributed by atoms with Crippen LogP contribution in [0.3, 0.4) is 0 Å². The molecule has 0 heterocycles. The third kappa shape index (κ3) is 5.04. The third-order valence-electron chi connectivity index (χ3n) is 3.03. The highest BCUT2D eigenvalue weighted by molar-refractivity contribution is 7.92. The molecule has 2 N–H and O–H groups in total. The molecule has 0 radical (unpaired) electrons. The number of amides is 1. The van der Waals surface area contributed by atoms with Gasteiger partial charge in [0.2, 0.25) is 5.91 Å². The maximum atomic E-state index is 11.4. The lowest BCUT2D eigenvalue weighted by Gasteiger charge is -2.22. The van der Waals surface area contributed by atoms with Crippen molar-refractivity contribution in [3.63, 3.8) is 0 Å². The molecular formula is C11H22N2O3S. The van der Waals surface area contributed by atoms with E-state index in [1.165, 1.54) is 6.26 Å². The number of carbonyl (C=O) groups excluding carboxylic acids is 1. The van der Waals surface area contributed by atoms with E-state index >= 15 is 0 Å². The van der Waals surface area contributed by atoms with Gasteiger partial charge in [0.15, 0.2) is 9.84 Å². The lowest BCUT2D eigenvalue weighted by Crippen LogP contribution is -2.42. The fourth-order valence-electron chi connectivity index (χ4n) is 1.25. The Morgan fingerprint density at radius 1 is 1.35 bits per heavy atom. The van der Waals surface area contributed by atoms with Crippen LogP contribution < -0.4 is 10.6 Å². The highest BCUT2D eigenvalue weighted by Gasteiger charge is 2.29. The molecule has 5 nitrogen and oxygen atoms in total. The molecule has 0 aromatic carbocycles. The van der Waals surface area contributed by atoms with Gasteiger partial charge in [-0.1, -0.05) is 0 Å². The first-order valence-electron chi connectivity index (χ1n) is 5.92. The summed E-state index contributed by atoms with van der Waals surface area (Å²) >= 11 is 0. The number of carbonyl (C=O) groups is 1. The zero-order valence-electron chi connectivity index (χ0n) is 10.7. The molecule has 1 aliphatic carbocycles. The van der Waals surface area contributed by atoms with Crippen LogP contribution in [0.15, 0.2) is 0 Å². The molecule has 0 atom stereocenters. The minimum absolute atomic E-state index is 0.0390. The van der Waals surface area contributed by atoms with Crippen LogP contribution in [-0.2, 0) is 14.6 Å². The van der Waals surface area contributed by atoms with Crippen LogP contribution in [0.2, 0.25) is 0 Å². The van der Waals surface area contributed by atoms with E-state index in [-0.39, 0.29) is 5.91 Å². The molecule has 0 saturated heterocycles. The molecule has 0 spiro atoms. The second-order valence-electron chi connectivity index (χ2n) is 5.30. The first kappa shape index (κ1) is 14.4. The zero-order chi connectivity index (χ0) is 13.1. The van der Waals surface area contributed by atoms with Crippen LogP contribution >= 0.6 is 0 Å². The van der Waals surface area contributed by atoms with Gasteiger partial charge < -0.3 is 10.6 Å². The smallest absolute Gasteiger partial charge is 0.221 e. The second-order valence-corrected chi connectivity index (χ2v) is 7.95. The summed E-state index contributed by atoms with van der Waals surface area (Å²) in [6.45, 7) is 4.24. The molecular weight excluding hydrogens is 240 g/mol. The van der Waals surface area contributed by atoms with Gasteiger partial charge in [-0.3, -0.25) is 4.79 Å². The van der Waals surface area contributed by atoms with Gasteiger partial charge in [-0.05, 0) is 26.7 Å². The number of rotatable bonds is 7. The predicted molar refractivity (Wildman–Crippen MR) is 67.6 cm³/mol. The molecule has 0 unspecified atom stereocenters. The monoisotopic (exact) mass is 262 g/mol. The molecule has 1 rings (SSSR count). The van der Waals surface area contributed by atoms with Crippen LogP contribution in [0.25, 0.3) is 0 Å². The van der Waals surface area contributed by atoms with Gasteiger partial charge in [-0.25, -0.2) is 8.42 Å². The minimum Gasteiger partial charge on any atom is -0.353 e. The van der Waals surface area contributed by atoms with Crippen molar-refractivity contribution in [2.45, 2.75) is 43.9 Å². The molecule has 0 aromatic rings. The summed E-state index contributed by atoms with van der Waals surface area (Å²) in [6.07, 6.45) is 3.80. The summed E-state index contributed by atoms with van der Waals surface area (Å²) in [6, 6.07) is 0.384. The Kier molecular flexibility index (Phi) is 4.55. The third-order valence-corrected chi connectivity index (χ3v) is 5.18. The van der Waals surface area contributed by atoms with Crippen molar-refractivity contribution in [2.24, 2.45) is 0 Å². The van der Waals surface area contributed by atoms with Crippen LogP contribution in [0.4, 0.5) is 0 Å². The number of hydrogen-bond acceptors (Lipinski definition) is 4. The van der Waals surface area contributed by atoms with Crippen molar-refractivity contribution in [3.8, 4) is 0 Å². The van der Waals surface area contributed by atoms with Gasteiger partial charge in [0, 0.05) is 31.8 Å². The number of nitrogens with one attached hydrogen (secondary N) is 2. The van der Waals surface area contributed by atoms with Crippen molar-refractivity contribution < 1.29 is 13.2 Å². The van der Waals surface area contributed by atoms with E-state index in [9.17, 15) is 13.2 Å². The van der Waals surface area contributed by atoms with Gasteiger partial charge in [0.05, 0.1) is 4.75 Å². The van der Waals surface area contributed by atoms with E-state index < -0.39 is 14.6 Å². The maximum absolute atomic E-state index is 11.4.